The van der Waals surface area contributed by atoms with Crippen molar-refractivity contribution >= 4 is 29.3 Å². The maximum atomic E-state index is 13.3. The Kier molecular flexibility index (Phi) is 6.54. The zero-order chi connectivity index (χ0) is 24.4. The van der Waals surface area contributed by atoms with Crippen molar-refractivity contribution in [2.45, 2.75) is 32.6 Å². The number of nitrogens with two attached hydrogens (primary N) is 1. The van der Waals surface area contributed by atoms with Gasteiger partial charge in [-0.3, -0.25) is 19.4 Å². The molecule has 2 aliphatic heterocycles. The topological polar surface area (TPSA) is 148 Å². The van der Waals surface area contributed by atoms with Crippen LogP contribution in [0.15, 0.2) is 29.1 Å². The van der Waals surface area contributed by atoms with Crippen molar-refractivity contribution in [3.63, 3.8) is 0 Å². The molecule has 2 aliphatic rings. The molecule has 1 aromatic heterocycles. The van der Waals surface area contributed by atoms with Crippen LogP contribution >= 0.6 is 0 Å². The van der Waals surface area contributed by atoms with Gasteiger partial charge < -0.3 is 20.9 Å². The average molecular weight is 464 g/mol. The molecule has 10 nitrogen and oxygen atoms in total. The van der Waals surface area contributed by atoms with E-state index in [1.54, 1.807) is 0 Å². The normalized spacial score (nSPS) is 20.3. The highest BCUT2D eigenvalue weighted by atomic mass is 16.2. The summed E-state index contributed by atoms with van der Waals surface area (Å²) >= 11 is 0. The van der Waals surface area contributed by atoms with Gasteiger partial charge >= 0.3 is 0 Å². The predicted molar refractivity (Wildman–Crippen MR) is 129 cm³/mol. The second-order valence-corrected chi connectivity index (χ2v) is 8.65. The Hall–Kier alpha value is -3.87. The van der Waals surface area contributed by atoms with Gasteiger partial charge in [-0.25, -0.2) is 0 Å². The molecule has 0 radical (unpaired) electrons. The fourth-order valence-electron chi connectivity index (χ4n) is 4.87. The summed E-state index contributed by atoms with van der Waals surface area (Å²) in [5.41, 5.74) is 7.04. The number of hydrogen-bond acceptors (Lipinski definition) is 7. The maximum Gasteiger partial charge on any atom is 0.258 e. The van der Waals surface area contributed by atoms with E-state index in [-0.39, 0.29) is 23.2 Å². The molecule has 0 spiro atoms. The van der Waals surface area contributed by atoms with E-state index < -0.39 is 23.3 Å². The van der Waals surface area contributed by atoms with Gasteiger partial charge in [-0.05, 0) is 44.4 Å². The van der Waals surface area contributed by atoms with Gasteiger partial charge in [0.15, 0.2) is 0 Å². The summed E-state index contributed by atoms with van der Waals surface area (Å²) in [4.78, 5) is 48.9. The number of benzene rings is 1. The molecule has 2 atom stereocenters. The summed E-state index contributed by atoms with van der Waals surface area (Å²) < 4.78 is 0. The third kappa shape index (κ3) is 4.21. The maximum absolute atomic E-state index is 13.3. The lowest BCUT2D eigenvalue weighted by Crippen LogP contribution is -2.42. The van der Waals surface area contributed by atoms with Crippen LogP contribution in [-0.2, 0) is 9.59 Å². The van der Waals surface area contributed by atoms with Crippen LogP contribution in [0.2, 0.25) is 0 Å². The van der Waals surface area contributed by atoms with Gasteiger partial charge in [0.1, 0.15) is 11.7 Å². The van der Waals surface area contributed by atoms with Crippen LogP contribution in [0.5, 0.6) is 0 Å². The van der Waals surface area contributed by atoms with E-state index in [9.17, 15) is 19.6 Å². The first-order valence-electron chi connectivity index (χ1n) is 11.6. The molecule has 2 unspecified atom stereocenters. The number of nitrogens with zero attached hydrogens (tertiary/aromatic N) is 4. The van der Waals surface area contributed by atoms with E-state index in [1.165, 1.54) is 0 Å². The van der Waals surface area contributed by atoms with Crippen LogP contribution in [0.4, 0.5) is 17.5 Å². The van der Waals surface area contributed by atoms with Gasteiger partial charge in [-0.15, -0.1) is 0 Å². The van der Waals surface area contributed by atoms with Gasteiger partial charge in [0.25, 0.3) is 5.56 Å². The lowest BCUT2D eigenvalue weighted by molar-refractivity contribution is -0.122. The first-order valence-corrected chi connectivity index (χ1v) is 11.6. The molecule has 2 amide bonds. The summed E-state index contributed by atoms with van der Waals surface area (Å²) in [7, 11) is 0. The van der Waals surface area contributed by atoms with Crippen molar-refractivity contribution < 1.29 is 9.59 Å². The number of primary amides is 1. The van der Waals surface area contributed by atoms with Crippen LogP contribution in [-0.4, -0.2) is 48.0 Å². The quantitative estimate of drug-likeness (QED) is 0.588. The predicted octanol–water partition coefficient (Wildman–Crippen LogP) is 1.54. The van der Waals surface area contributed by atoms with E-state index in [1.807, 2.05) is 29.2 Å². The van der Waals surface area contributed by atoms with Crippen LogP contribution in [0.1, 0.15) is 43.7 Å². The fourth-order valence-corrected chi connectivity index (χ4v) is 4.87. The zero-order valence-electron chi connectivity index (χ0n) is 19.4. The number of piperidine rings is 1. The standard InChI is InChI=1S/C24H29N7O3/c1-3-30(4-2)16-7-5-14(6-8-16)18-17(13-25)22(33)27-21-19(18)23(34)29-24(28-21)31-11-9-15(10-12-31)20(26)32/h5-8,15,17-18H,3-4,9-12H2,1-2H3,(H2,26,32)(H2,27,28,29,33,34). The Balaban J connectivity index is 1.70. The Labute approximate surface area is 197 Å². The van der Waals surface area contributed by atoms with Crippen LogP contribution in [0, 0.1) is 23.2 Å². The number of nitriles is 1. The van der Waals surface area contributed by atoms with Crippen molar-refractivity contribution in [2.75, 3.05) is 41.3 Å². The molecule has 0 saturated carbocycles. The number of rotatable bonds is 6. The molecule has 4 rings (SSSR count). The number of nitrogens with one attached hydrogen (secondary N) is 2. The molecule has 10 heteroatoms. The first kappa shape index (κ1) is 23.3. The Bertz CT molecular complexity index is 1170. The number of fused-ring (bicyclic) bond motifs is 1. The molecule has 178 valence electrons. The van der Waals surface area contributed by atoms with Gasteiger partial charge in [-0.2, -0.15) is 10.2 Å². The molecule has 0 bridgehead atoms. The first-order chi connectivity index (χ1) is 16.4. The van der Waals surface area contributed by atoms with Gasteiger partial charge in [-0.1, -0.05) is 12.1 Å². The number of aromatic nitrogens is 2. The highest BCUT2D eigenvalue weighted by Crippen LogP contribution is 2.39. The fraction of sp³-hybridized carbons (Fsp3) is 0.458. The molecule has 1 saturated heterocycles. The molecule has 1 fully saturated rings. The van der Waals surface area contributed by atoms with E-state index in [2.05, 4.69) is 40.1 Å². The summed E-state index contributed by atoms with van der Waals surface area (Å²) in [6.45, 7) is 6.89. The molecule has 2 aromatic rings. The van der Waals surface area contributed by atoms with Crippen molar-refractivity contribution in [1.29, 1.82) is 5.26 Å². The molecule has 1 aromatic carbocycles. The second kappa shape index (κ2) is 9.55. The third-order valence-electron chi connectivity index (χ3n) is 6.83. The lowest BCUT2D eigenvalue weighted by Gasteiger charge is -2.33. The number of anilines is 3. The van der Waals surface area contributed by atoms with Gasteiger partial charge in [0, 0.05) is 43.7 Å². The highest BCUT2D eigenvalue weighted by molar-refractivity contribution is 5.98. The highest BCUT2D eigenvalue weighted by Gasteiger charge is 2.40. The second-order valence-electron chi connectivity index (χ2n) is 8.65. The lowest BCUT2D eigenvalue weighted by atomic mass is 9.79. The minimum absolute atomic E-state index is 0.171. The Morgan fingerprint density at radius 2 is 1.85 bits per heavy atom. The summed E-state index contributed by atoms with van der Waals surface area (Å²) in [5, 5.41) is 12.4. The van der Waals surface area contributed by atoms with Crippen molar-refractivity contribution in [2.24, 2.45) is 17.6 Å². The summed E-state index contributed by atoms with van der Waals surface area (Å²) in [6, 6.07) is 9.69. The van der Waals surface area contributed by atoms with Crippen molar-refractivity contribution in [1.82, 2.24) is 9.97 Å². The summed E-state index contributed by atoms with van der Waals surface area (Å²) in [5.74, 6) is -2.28. The number of amides is 2. The van der Waals surface area contributed by atoms with E-state index in [4.69, 9.17) is 5.73 Å². The molecular weight excluding hydrogens is 434 g/mol. The molecule has 0 aliphatic carbocycles. The molecule has 34 heavy (non-hydrogen) atoms. The Morgan fingerprint density at radius 3 is 2.41 bits per heavy atom. The number of H-pyrrole nitrogens is 1. The number of carbonyl (C=O) groups excluding carboxylic acids is 2. The number of carbonyl (C=O) groups is 2. The monoisotopic (exact) mass is 463 g/mol. The molecular formula is C24H29N7O3. The van der Waals surface area contributed by atoms with Crippen LogP contribution in [0.25, 0.3) is 0 Å². The van der Waals surface area contributed by atoms with Crippen LogP contribution < -0.4 is 26.4 Å². The number of aromatic amines is 1. The molecule has 3 heterocycles. The smallest absolute Gasteiger partial charge is 0.258 e. The summed E-state index contributed by atoms with van der Waals surface area (Å²) in [6.07, 6.45) is 1.14. The van der Waals surface area contributed by atoms with E-state index >= 15 is 0 Å². The van der Waals surface area contributed by atoms with Gasteiger partial charge in [0.2, 0.25) is 17.8 Å². The largest absolute Gasteiger partial charge is 0.372 e. The number of hydrogen-bond donors (Lipinski definition) is 3. The average Bonchev–Trinajstić information content (AvgIpc) is 2.84. The van der Waals surface area contributed by atoms with E-state index in [0.29, 0.717) is 37.4 Å². The van der Waals surface area contributed by atoms with Crippen molar-refractivity contribution in [3.05, 3.63) is 45.7 Å². The minimum Gasteiger partial charge on any atom is -0.372 e. The SMILES string of the molecule is CCN(CC)c1ccc(C2c3c(nc(N4CCC(C(N)=O)CC4)[nH]c3=O)NC(=O)C2C#N)cc1. The molecule has 4 N–H and O–H groups in total. The third-order valence-corrected chi connectivity index (χ3v) is 6.83. The zero-order valence-corrected chi connectivity index (χ0v) is 19.4. The minimum atomic E-state index is -1.05. The Morgan fingerprint density at radius 1 is 1.21 bits per heavy atom. The van der Waals surface area contributed by atoms with Crippen LogP contribution in [0.3, 0.4) is 0 Å². The van der Waals surface area contributed by atoms with Gasteiger partial charge in [0.05, 0.1) is 11.6 Å². The van der Waals surface area contributed by atoms with Crippen molar-refractivity contribution in [3.8, 4) is 6.07 Å². The van der Waals surface area contributed by atoms with E-state index in [0.717, 1.165) is 18.8 Å².